The molecule has 2 aliphatic rings. The Morgan fingerprint density at radius 2 is 1.87 bits per heavy atom. The number of amides is 4. The number of hydrogen-bond acceptors (Lipinski definition) is 6. The quantitative estimate of drug-likeness (QED) is 0.472. The standard InChI is InChI=1S/C22H27N3O6/c1-22(2,3)31-21(30)15(9-10-16(23)26)25-19(28)14-6-4-5-13(17(14)20(25)29)11-24-18(27)12-7-8-12/h4-6,12,15H,7-11H2,1-3H3,(H2,23,26)(H,24,27)/t15-/m0/s1. The Bertz CT molecular complexity index is 945. The lowest BCUT2D eigenvalue weighted by atomic mass is 10.0. The summed E-state index contributed by atoms with van der Waals surface area (Å²) >= 11 is 0. The molecular formula is C22H27N3O6. The maximum absolute atomic E-state index is 13.2. The minimum Gasteiger partial charge on any atom is -0.458 e. The summed E-state index contributed by atoms with van der Waals surface area (Å²) in [4.78, 5) is 63.3. The van der Waals surface area contributed by atoms with Gasteiger partial charge in [-0.05, 0) is 51.7 Å². The second-order valence-corrected chi connectivity index (χ2v) is 8.87. The fourth-order valence-electron chi connectivity index (χ4n) is 3.48. The number of hydrogen-bond donors (Lipinski definition) is 2. The number of nitrogens with two attached hydrogens (primary N) is 1. The zero-order chi connectivity index (χ0) is 22.9. The van der Waals surface area contributed by atoms with Crippen molar-refractivity contribution in [1.82, 2.24) is 10.2 Å². The number of benzene rings is 1. The molecule has 0 spiro atoms. The van der Waals surface area contributed by atoms with Crippen molar-refractivity contribution in [3.05, 3.63) is 34.9 Å². The summed E-state index contributed by atoms with van der Waals surface area (Å²) in [6.45, 7) is 5.10. The van der Waals surface area contributed by atoms with Crippen LogP contribution in [0.5, 0.6) is 0 Å². The highest BCUT2D eigenvalue weighted by Gasteiger charge is 2.45. The number of carbonyl (C=O) groups is 5. The zero-order valence-electron chi connectivity index (χ0n) is 17.9. The van der Waals surface area contributed by atoms with E-state index in [0.717, 1.165) is 17.7 Å². The molecule has 1 aliphatic carbocycles. The number of ether oxygens (including phenoxy) is 1. The molecule has 31 heavy (non-hydrogen) atoms. The minimum atomic E-state index is -1.28. The Hall–Kier alpha value is -3.23. The predicted molar refractivity (Wildman–Crippen MR) is 110 cm³/mol. The normalized spacial score (nSPS) is 16.7. The second kappa shape index (κ2) is 8.49. The second-order valence-electron chi connectivity index (χ2n) is 8.87. The van der Waals surface area contributed by atoms with Gasteiger partial charge in [0.25, 0.3) is 11.8 Å². The van der Waals surface area contributed by atoms with Crippen molar-refractivity contribution >= 4 is 29.6 Å². The van der Waals surface area contributed by atoms with Gasteiger partial charge in [0.15, 0.2) is 0 Å². The lowest BCUT2D eigenvalue weighted by molar-refractivity contribution is -0.160. The van der Waals surface area contributed by atoms with Gasteiger partial charge < -0.3 is 15.8 Å². The van der Waals surface area contributed by atoms with E-state index in [9.17, 15) is 24.0 Å². The van der Waals surface area contributed by atoms with E-state index >= 15 is 0 Å². The van der Waals surface area contributed by atoms with Crippen molar-refractivity contribution in [3.8, 4) is 0 Å². The lowest BCUT2D eigenvalue weighted by Crippen LogP contribution is -2.47. The molecule has 1 heterocycles. The molecule has 166 valence electrons. The van der Waals surface area contributed by atoms with Crippen LogP contribution >= 0.6 is 0 Å². The molecule has 0 radical (unpaired) electrons. The molecule has 3 rings (SSSR count). The number of nitrogens with one attached hydrogen (secondary N) is 1. The van der Waals surface area contributed by atoms with Crippen molar-refractivity contribution in [3.63, 3.8) is 0 Å². The van der Waals surface area contributed by atoms with E-state index in [-0.39, 0.29) is 42.3 Å². The van der Waals surface area contributed by atoms with Gasteiger partial charge in [-0.3, -0.25) is 24.1 Å². The van der Waals surface area contributed by atoms with Crippen molar-refractivity contribution in [2.24, 2.45) is 11.7 Å². The molecule has 0 bridgehead atoms. The van der Waals surface area contributed by atoms with Gasteiger partial charge in [0.1, 0.15) is 11.6 Å². The third kappa shape index (κ3) is 5.10. The van der Waals surface area contributed by atoms with Gasteiger partial charge in [-0.25, -0.2) is 4.79 Å². The van der Waals surface area contributed by atoms with Gasteiger partial charge in [-0.2, -0.15) is 0 Å². The summed E-state index contributed by atoms with van der Waals surface area (Å²) in [6, 6.07) is 3.50. The van der Waals surface area contributed by atoms with Crippen molar-refractivity contribution in [2.75, 3.05) is 0 Å². The third-order valence-corrected chi connectivity index (χ3v) is 5.09. The first kappa shape index (κ1) is 22.5. The van der Waals surface area contributed by atoms with Crippen LogP contribution in [0.3, 0.4) is 0 Å². The topological polar surface area (TPSA) is 136 Å². The number of esters is 1. The molecule has 4 amide bonds. The van der Waals surface area contributed by atoms with Crippen LogP contribution in [0.15, 0.2) is 18.2 Å². The fraction of sp³-hybridized carbons (Fsp3) is 0.500. The smallest absolute Gasteiger partial charge is 0.329 e. The molecule has 0 aromatic heterocycles. The van der Waals surface area contributed by atoms with E-state index in [0.29, 0.717) is 5.56 Å². The van der Waals surface area contributed by atoms with E-state index in [1.54, 1.807) is 32.9 Å². The van der Waals surface area contributed by atoms with Crippen LogP contribution in [0, 0.1) is 5.92 Å². The van der Waals surface area contributed by atoms with Gasteiger partial charge in [0.05, 0.1) is 11.1 Å². The van der Waals surface area contributed by atoms with E-state index in [2.05, 4.69) is 5.32 Å². The Morgan fingerprint density at radius 3 is 2.45 bits per heavy atom. The summed E-state index contributed by atoms with van der Waals surface area (Å²) in [5.41, 5.74) is 5.16. The summed E-state index contributed by atoms with van der Waals surface area (Å²) < 4.78 is 5.39. The monoisotopic (exact) mass is 429 g/mol. The van der Waals surface area contributed by atoms with Crippen LogP contribution in [-0.2, 0) is 25.7 Å². The van der Waals surface area contributed by atoms with Crippen molar-refractivity contribution < 1.29 is 28.7 Å². The van der Waals surface area contributed by atoms with Gasteiger partial charge in [-0.15, -0.1) is 0 Å². The van der Waals surface area contributed by atoms with E-state index in [1.807, 2.05) is 0 Å². The highest BCUT2D eigenvalue weighted by Crippen LogP contribution is 2.31. The third-order valence-electron chi connectivity index (χ3n) is 5.09. The first-order valence-electron chi connectivity index (χ1n) is 10.3. The highest BCUT2D eigenvalue weighted by atomic mass is 16.6. The molecule has 1 aromatic rings. The number of fused-ring (bicyclic) bond motifs is 1. The van der Waals surface area contributed by atoms with Crippen LogP contribution in [-0.4, -0.2) is 46.1 Å². The zero-order valence-corrected chi connectivity index (χ0v) is 17.9. The number of carbonyl (C=O) groups excluding carboxylic acids is 5. The molecule has 1 atom stereocenters. The van der Waals surface area contributed by atoms with Crippen molar-refractivity contribution in [1.29, 1.82) is 0 Å². The number of rotatable bonds is 8. The molecule has 0 unspecified atom stereocenters. The Labute approximate surface area is 180 Å². The Kier molecular flexibility index (Phi) is 6.15. The van der Waals surface area contributed by atoms with Crippen LogP contribution in [0.25, 0.3) is 0 Å². The van der Waals surface area contributed by atoms with Gasteiger partial charge >= 0.3 is 5.97 Å². The highest BCUT2D eigenvalue weighted by molar-refractivity contribution is 6.23. The van der Waals surface area contributed by atoms with E-state index < -0.39 is 35.3 Å². The van der Waals surface area contributed by atoms with Gasteiger partial charge in [-0.1, -0.05) is 12.1 Å². The van der Waals surface area contributed by atoms with Crippen LogP contribution in [0.1, 0.15) is 72.7 Å². The van der Waals surface area contributed by atoms with E-state index in [4.69, 9.17) is 10.5 Å². The molecule has 9 nitrogen and oxygen atoms in total. The van der Waals surface area contributed by atoms with Crippen LogP contribution in [0.4, 0.5) is 0 Å². The molecule has 3 N–H and O–H groups in total. The first-order valence-corrected chi connectivity index (χ1v) is 10.3. The number of imide groups is 1. The summed E-state index contributed by atoms with van der Waals surface area (Å²) in [5.74, 6) is -2.82. The Balaban J connectivity index is 1.88. The average Bonchev–Trinajstić information content (AvgIpc) is 3.48. The molecular weight excluding hydrogens is 402 g/mol. The van der Waals surface area contributed by atoms with E-state index in [1.165, 1.54) is 6.07 Å². The molecule has 1 fully saturated rings. The molecule has 1 aliphatic heterocycles. The summed E-state index contributed by atoms with van der Waals surface area (Å²) in [6.07, 6.45) is 1.37. The summed E-state index contributed by atoms with van der Waals surface area (Å²) in [5, 5.41) is 2.79. The van der Waals surface area contributed by atoms with Crippen molar-refractivity contribution in [2.45, 2.75) is 64.6 Å². The maximum atomic E-state index is 13.2. The molecule has 9 heteroatoms. The number of primary amides is 1. The fourth-order valence-corrected chi connectivity index (χ4v) is 3.48. The predicted octanol–water partition coefficient (Wildman–Crippen LogP) is 1.28. The molecule has 1 aromatic carbocycles. The lowest BCUT2D eigenvalue weighted by Gasteiger charge is -2.28. The Morgan fingerprint density at radius 1 is 1.19 bits per heavy atom. The van der Waals surface area contributed by atoms with Gasteiger partial charge in [0, 0.05) is 18.9 Å². The molecule has 0 saturated heterocycles. The average molecular weight is 429 g/mol. The SMILES string of the molecule is CC(C)(C)OC(=O)[C@H](CCC(N)=O)N1C(=O)c2cccc(CNC(=O)C3CC3)c2C1=O. The van der Waals surface area contributed by atoms with Crippen LogP contribution in [0.2, 0.25) is 0 Å². The largest absolute Gasteiger partial charge is 0.458 e. The molecule has 1 saturated carbocycles. The van der Waals surface area contributed by atoms with Gasteiger partial charge in [0.2, 0.25) is 11.8 Å². The summed E-state index contributed by atoms with van der Waals surface area (Å²) in [7, 11) is 0. The van der Waals surface area contributed by atoms with Crippen LogP contribution < -0.4 is 11.1 Å². The maximum Gasteiger partial charge on any atom is 0.329 e. The minimum absolute atomic E-state index is 0.0101. The first-order chi connectivity index (χ1) is 14.5. The number of nitrogens with zero attached hydrogens (tertiary/aromatic N) is 1.